The summed E-state index contributed by atoms with van der Waals surface area (Å²) >= 11 is 1.36. The van der Waals surface area contributed by atoms with Crippen LogP contribution in [-0.4, -0.2) is 15.7 Å². The number of carbonyl (C=O) groups excluding carboxylic acids is 1. The van der Waals surface area contributed by atoms with Crippen molar-refractivity contribution in [3.63, 3.8) is 0 Å². The SMILES string of the molecule is O=C(Cc1ccccc1F)CS(=O)c1cccs1. The van der Waals surface area contributed by atoms with E-state index >= 15 is 0 Å². The molecule has 1 heterocycles. The average Bonchev–Trinajstić information content (AvgIpc) is 2.85. The van der Waals surface area contributed by atoms with Crippen molar-refractivity contribution < 1.29 is 13.4 Å². The molecule has 1 atom stereocenters. The van der Waals surface area contributed by atoms with Gasteiger partial charge in [-0.1, -0.05) is 24.3 Å². The van der Waals surface area contributed by atoms with Gasteiger partial charge in [0.15, 0.2) is 0 Å². The Bertz CT molecular complexity index is 564. The highest BCUT2D eigenvalue weighted by Crippen LogP contribution is 2.15. The molecule has 0 spiro atoms. The Morgan fingerprint density at radius 2 is 2.00 bits per heavy atom. The van der Waals surface area contributed by atoms with E-state index in [1.165, 1.54) is 17.4 Å². The van der Waals surface area contributed by atoms with Crippen LogP contribution in [0.15, 0.2) is 46.0 Å². The molecule has 0 radical (unpaired) electrons. The molecule has 0 saturated carbocycles. The molecule has 0 aliphatic carbocycles. The summed E-state index contributed by atoms with van der Waals surface area (Å²) < 4.78 is 25.8. The molecule has 2 aromatic rings. The Morgan fingerprint density at radius 1 is 1.22 bits per heavy atom. The van der Waals surface area contributed by atoms with Crippen LogP contribution in [0.1, 0.15) is 5.56 Å². The first-order valence-corrected chi connectivity index (χ1v) is 7.53. The Kier molecular flexibility index (Phi) is 4.38. The summed E-state index contributed by atoms with van der Waals surface area (Å²) in [4.78, 5) is 11.7. The van der Waals surface area contributed by atoms with Crippen LogP contribution in [0.4, 0.5) is 4.39 Å². The molecule has 2 nitrogen and oxygen atoms in total. The molecule has 0 bridgehead atoms. The molecule has 0 saturated heterocycles. The first-order chi connectivity index (χ1) is 8.66. The fourth-order valence-electron chi connectivity index (χ4n) is 1.52. The molecule has 2 rings (SSSR count). The molecule has 94 valence electrons. The van der Waals surface area contributed by atoms with Crippen LogP contribution < -0.4 is 0 Å². The van der Waals surface area contributed by atoms with Crippen molar-refractivity contribution >= 4 is 27.9 Å². The number of hydrogen-bond donors (Lipinski definition) is 0. The number of Topliss-reactive ketones (excluding diaryl/α,β-unsaturated/α-hetero) is 1. The Morgan fingerprint density at radius 3 is 2.67 bits per heavy atom. The maximum Gasteiger partial charge on any atom is 0.150 e. The second-order valence-corrected chi connectivity index (χ2v) is 6.35. The first-order valence-electron chi connectivity index (χ1n) is 5.34. The third-order valence-electron chi connectivity index (χ3n) is 2.36. The molecule has 0 fully saturated rings. The van der Waals surface area contributed by atoms with E-state index in [4.69, 9.17) is 0 Å². The first kappa shape index (κ1) is 13.1. The zero-order valence-electron chi connectivity index (χ0n) is 9.47. The molecule has 18 heavy (non-hydrogen) atoms. The fraction of sp³-hybridized carbons (Fsp3) is 0.154. The summed E-state index contributed by atoms with van der Waals surface area (Å²) in [6, 6.07) is 9.67. The molecule has 1 unspecified atom stereocenters. The number of thiophene rings is 1. The minimum Gasteiger partial charge on any atom is -0.298 e. The number of ketones is 1. The highest BCUT2D eigenvalue weighted by atomic mass is 32.2. The lowest BCUT2D eigenvalue weighted by atomic mass is 10.1. The lowest BCUT2D eigenvalue weighted by molar-refractivity contribution is -0.116. The molecule has 0 N–H and O–H groups in total. The van der Waals surface area contributed by atoms with Gasteiger partial charge in [0.1, 0.15) is 11.6 Å². The zero-order chi connectivity index (χ0) is 13.0. The van der Waals surface area contributed by atoms with E-state index in [0.717, 1.165) is 0 Å². The maximum absolute atomic E-state index is 13.3. The summed E-state index contributed by atoms with van der Waals surface area (Å²) in [7, 11) is -1.32. The fourth-order valence-corrected chi connectivity index (χ4v) is 3.50. The van der Waals surface area contributed by atoms with E-state index in [1.54, 1.807) is 30.3 Å². The van der Waals surface area contributed by atoms with Gasteiger partial charge in [0, 0.05) is 6.42 Å². The van der Waals surface area contributed by atoms with Gasteiger partial charge in [-0.05, 0) is 23.1 Å². The molecule has 1 aromatic heterocycles. The van der Waals surface area contributed by atoms with Gasteiger partial charge in [-0.3, -0.25) is 9.00 Å². The van der Waals surface area contributed by atoms with Crippen molar-refractivity contribution in [1.82, 2.24) is 0 Å². The minimum absolute atomic E-state index is 0.0101. The lowest BCUT2D eigenvalue weighted by Crippen LogP contribution is -2.13. The largest absolute Gasteiger partial charge is 0.298 e. The van der Waals surface area contributed by atoms with Crippen LogP contribution in [0, 0.1) is 5.82 Å². The van der Waals surface area contributed by atoms with Crippen molar-refractivity contribution in [3.8, 4) is 0 Å². The van der Waals surface area contributed by atoms with Crippen LogP contribution in [0.25, 0.3) is 0 Å². The topological polar surface area (TPSA) is 34.1 Å². The second kappa shape index (κ2) is 6.02. The normalized spacial score (nSPS) is 12.3. The lowest BCUT2D eigenvalue weighted by Gasteiger charge is -2.02. The van der Waals surface area contributed by atoms with Gasteiger partial charge >= 0.3 is 0 Å². The smallest absolute Gasteiger partial charge is 0.150 e. The predicted molar refractivity (Wildman–Crippen MR) is 70.7 cm³/mol. The molecule has 5 heteroatoms. The number of rotatable bonds is 5. The van der Waals surface area contributed by atoms with E-state index < -0.39 is 16.6 Å². The zero-order valence-corrected chi connectivity index (χ0v) is 11.1. The van der Waals surface area contributed by atoms with Crippen LogP contribution in [0.2, 0.25) is 0 Å². The Hall–Kier alpha value is -1.33. The van der Waals surface area contributed by atoms with Crippen LogP contribution in [-0.2, 0) is 22.0 Å². The van der Waals surface area contributed by atoms with Gasteiger partial charge in [-0.25, -0.2) is 4.39 Å². The van der Waals surface area contributed by atoms with Gasteiger partial charge in [-0.15, -0.1) is 11.3 Å². The van der Waals surface area contributed by atoms with E-state index in [9.17, 15) is 13.4 Å². The monoisotopic (exact) mass is 282 g/mol. The van der Waals surface area contributed by atoms with Crippen molar-refractivity contribution in [2.45, 2.75) is 10.6 Å². The number of hydrogen-bond acceptors (Lipinski definition) is 3. The van der Waals surface area contributed by atoms with Crippen molar-refractivity contribution in [1.29, 1.82) is 0 Å². The minimum atomic E-state index is -1.32. The predicted octanol–water partition coefficient (Wildman–Crippen LogP) is 2.81. The number of benzene rings is 1. The van der Waals surface area contributed by atoms with E-state index in [2.05, 4.69) is 0 Å². The quantitative estimate of drug-likeness (QED) is 0.845. The second-order valence-electron chi connectivity index (χ2n) is 3.73. The van der Waals surface area contributed by atoms with E-state index in [-0.39, 0.29) is 18.0 Å². The molecular weight excluding hydrogens is 271 g/mol. The van der Waals surface area contributed by atoms with Crippen molar-refractivity contribution in [2.24, 2.45) is 0 Å². The van der Waals surface area contributed by atoms with Crippen LogP contribution in [0.5, 0.6) is 0 Å². The van der Waals surface area contributed by atoms with Crippen molar-refractivity contribution in [2.75, 3.05) is 5.75 Å². The van der Waals surface area contributed by atoms with E-state index in [1.807, 2.05) is 5.38 Å². The molecule has 0 aliphatic rings. The van der Waals surface area contributed by atoms with Crippen LogP contribution in [0.3, 0.4) is 0 Å². The maximum atomic E-state index is 13.3. The molecular formula is C13H11FO2S2. The van der Waals surface area contributed by atoms with Gasteiger partial charge in [0.05, 0.1) is 20.8 Å². The third kappa shape index (κ3) is 3.34. The molecule has 1 aromatic carbocycles. The Labute approximate surface area is 111 Å². The van der Waals surface area contributed by atoms with Gasteiger partial charge in [0.25, 0.3) is 0 Å². The van der Waals surface area contributed by atoms with Gasteiger partial charge in [-0.2, -0.15) is 0 Å². The number of carbonyl (C=O) groups is 1. The Balaban J connectivity index is 1.98. The summed E-state index contributed by atoms with van der Waals surface area (Å²) in [6.45, 7) is 0. The van der Waals surface area contributed by atoms with Gasteiger partial charge in [0.2, 0.25) is 0 Å². The molecule has 0 amide bonds. The highest BCUT2D eigenvalue weighted by Gasteiger charge is 2.13. The molecule has 0 aliphatic heterocycles. The summed E-state index contributed by atoms with van der Waals surface area (Å²) in [5, 5.41) is 1.81. The number of halogens is 1. The standard InChI is InChI=1S/C13H11FO2S2/c14-12-5-2-1-4-10(12)8-11(15)9-18(16)13-6-3-7-17-13/h1-7H,8-9H2. The van der Waals surface area contributed by atoms with E-state index in [0.29, 0.717) is 9.77 Å². The average molecular weight is 282 g/mol. The summed E-state index contributed by atoms with van der Waals surface area (Å²) in [5.41, 5.74) is 0.352. The highest BCUT2D eigenvalue weighted by molar-refractivity contribution is 7.88. The summed E-state index contributed by atoms with van der Waals surface area (Å²) in [6.07, 6.45) is -0.0101. The third-order valence-corrected chi connectivity index (χ3v) is 5.03. The van der Waals surface area contributed by atoms with Crippen LogP contribution >= 0.6 is 11.3 Å². The van der Waals surface area contributed by atoms with Crippen molar-refractivity contribution in [3.05, 3.63) is 53.2 Å². The summed E-state index contributed by atoms with van der Waals surface area (Å²) in [5.74, 6) is -0.672. The van der Waals surface area contributed by atoms with Gasteiger partial charge < -0.3 is 0 Å².